The van der Waals surface area contributed by atoms with Crippen molar-refractivity contribution in [2.24, 2.45) is 0 Å². The highest BCUT2D eigenvalue weighted by molar-refractivity contribution is 4.67. The first kappa shape index (κ1) is 13.7. The summed E-state index contributed by atoms with van der Waals surface area (Å²) in [5.74, 6) is 0. The molecule has 0 aromatic carbocycles. The van der Waals surface area contributed by atoms with Gasteiger partial charge in [0.1, 0.15) is 0 Å². The Hall–Kier alpha value is -0.290. The van der Waals surface area contributed by atoms with E-state index < -0.39 is 12.7 Å². The van der Waals surface area contributed by atoms with Gasteiger partial charge in [-0.05, 0) is 26.9 Å². The van der Waals surface area contributed by atoms with E-state index in [-0.39, 0.29) is 6.04 Å². The van der Waals surface area contributed by atoms with Gasteiger partial charge in [-0.3, -0.25) is 4.90 Å². The van der Waals surface area contributed by atoms with Crippen molar-refractivity contribution in [1.29, 1.82) is 0 Å². The first-order valence-electron chi connectivity index (χ1n) is 4.84. The second kappa shape index (κ2) is 6.24. The minimum atomic E-state index is -4.10. The third-order valence-electron chi connectivity index (χ3n) is 1.78. The molecule has 0 aliphatic rings. The van der Waals surface area contributed by atoms with Crippen molar-refractivity contribution >= 4 is 0 Å². The summed E-state index contributed by atoms with van der Waals surface area (Å²) < 4.78 is 35.8. The van der Waals surface area contributed by atoms with E-state index in [4.69, 9.17) is 0 Å². The molecule has 0 amide bonds. The van der Waals surface area contributed by atoms with Gasteiger partial charge < -0.3 is 5.32 Å². The number of alkyl halides is 3. The molecule has 0 aromatic heterocycles. The highest BCUT2D eigenvalue weighted by Gasteiger charge is 2.29. The van der Waals surface area contributed by atoms with E-state index >= 15 is 0 Å². The maximum Gasteiger partial charge on any atom is 0.401 e. The zero-order valence-electron chi connectivity index (χ0n) is 8.99. The molecular weight excluding hydrogens is 193 g/mol. The van der Waals surface area contributed by atoms with Gasteiger partial charge in [-0.25, -0.2) is 0 Å². The molecule has 1 N–H and O–H groups in total. The monoisotopic (exact) mass is 212 g/mol. The van der Waals surface area contributed by atoms with Gasteiger partial charge in [-0.2, -0.15) is 13.2 Å². The molecule has 0 saturated carbocycles. The summed E-state index contributed by atoms with van der Waals surface area (Å²) in [4.78, 5) is 1.29. The Morgan fingerprint density at radius 3 is 2.36 bits per heavy atom. The normalized spacial score (nSPS) is 14.8. The van der Waals surface area contributed by atoms with Gasteiger partial charge in [0.25, 0.3) is 0 Å². The first-order chi connectivity index (χ1) is 6.35. The molecule has 0 aromatic rings. The Morgan fingerprint density at radius 2 is 1.93 bits per heavy atom. The SMILES string of the molecule is CCCNC(C)CN(C)CC(F)(F)F. The van der Waals surface area contributed by atoms with Crippen molar-refractivity contribution in [2.75, 3.05) is 26.7 Å². The second-order valence-corrected chi connectivity index (χ2v) is 3.67. The van der Waals surface area contributed by atoms with E-state index in [2.05, 4.69) is 5.32 Å². The number of likely N-dealkylation sites (N-methyl/N-ethyl adjacent to an activating group) is 1. The van der Waals surface area contributed by atoms with Crippen LogP contribution in [0, 0.1) is 0 Å². The molecule has 0 heterocycles. The molecule has 1 atom stereocenters. The average Bonchev–Trinajstić information content (AvgIpc) is 1.96. The second-order valence-electron chi connectivity index (χ2n) is 3.67. The number of rotatable bonds is 6. The summed E-state index contributed by atoms with van der Waals surface area (Å²) in [6, 6.07) is 0.0994. The minimum absolute atomic E-state index is 0.0994. The van der Waals surface area contributed by atoms with Crippen molar-refractivity contribution in [3.05, 3.63) is 0 Å². The quantitative estimate of drug-likeness (QED) is 0.723. The molecule has 0 radical (unpaired) electrons. The number of halogens is 3. The number of hydrogen-bond acceptors (Lipinski definition) is 2. The standard InChI is InChI=1S/C9H19F3N2/c1-4-5-13-8(2)6-14(3)7-9(10,11)12/h8,13H,4-7H2,1-3H3. The molecule has 0 aliphatic carbocycles. The van der Waals surface area contributed by atoms with Gasteiger partial charge in [0, 0.05) is 12.6 Å². The zero-order valence-corrected chi connectivity index (χ0v) is 8.99. The van der Waals surface area contributed by atoms with Crippen molar-refractivity contribution < 1.29 is 13.2 Å². The van der Waals surface area contributed by atoms with E-state index in [0.29, 0.717) is 6.54 Å². The first-order valence-corrected chi connectivity index (χ1v) is 4.84. The van der Waals surface area contributed by atoms with E-state index in [1.165, 1.54) is 11.9 Å². The lowest BCUT2D eigenvalue weighted by atomic mass is 10.3. The van der Waals surface area contributed by atoms with Crippen molar-refractivity contribution in [3.63, 3.8) is 0 Å². The van der Waals surface area contributed by atoms with E-state index in [1.54, 1.807) is 0 Å². The fraction of sp³-hybridized carbons (Fsp3) is 1.00. The summed E-state index contributed by atoms with van der Waals surface area (Å²) in [6.07, 6.45) is -3.10. The molecule has 1 unspecified atom stereocenters. The number of nitrogens with zero attached hydrogens (tertiary/aromatic N) is 1. The summed E-state index contributed by atoms with van der Waals surface area (Å²) >= 11 is 0. The molecule has 14 heavy (non-hydrogen) atoms. The largest absolute Gasteiger partial charge is 0.401 e. The Morgan fingerprint density at radius 1 is 1.36 bits per heavy atom. The van der Waals surface area contributed by atoms with Gasteiger partial charge >= 0.3 is 6.18 Å². The third-order valence-corrected chi connectivity index (χ3v) is 1.78. The maximum atomic E-state index is 11.9. The molecule has 2 nitrogen and oxygen atoms in total. The summed E-state index contributed by atoms with van der Waals surface area (Å²) in [5.41, 5.74) is 0. The Balaban J connectivity index is 3.65. The maximum absolute atomic E-state index is 11.9. The predicted octanol–water partition coefficient (Wildman–Crippen LogP) is 1.87. The zero-order chi connectivity index (χ0) is 11.2. The van der Waals surface area contributed by atoms with Crippen LogP contribution in [0.4, 0.5) is 13.2 Å². The molecule has 0 bridgehead atoms. The lowest BCUT2D eigenvalue weighted by Gasteiger charge is -2.23. The van der Waals surface area contributed by atoms with Crippen LogP contribution in [0.25, 0.3) is 0 Å². The van der Waals surface area contributed by atoms with Crippen LogP contribution in [0.1, 0.15) is 20.3 Å². The van der Waals surface area contributed by atoms with Gasteiger partial charge in [0.2, 0.25) is 0 Å². The van der Waals surface area contributed by atoms with Crippen LogP contribution >= 0.6 is 0 Å². The van der Waals surface area contributed by atoms with E-state index in [0.717, 1.165) is 13.0 Å². The number of hydrogen-bond donors (Lipinski definition) is 1. The Kier molecular flexibility index (Phi) is 6.11. The van der Waals surface area contributed by atoms with Crippen LogP contribution in [-0.2, 0) is 0 Å². The predicted molar refractivity (Wildman–Crippen MR) is 51.3 cm³/mol. The Bertz CT molecular complexity index is 147. The van der Waals surface area contributed by atoms with Gasteiger partial charge in [-0.15, -0.1) is 0 Å². The lowest BCUT2D eigenvalue weighted by molar-refractivity contribution is -0.143. The lowest BCUT2D eigenvalue weighted by Crippen LogP contribution is -2.41. The third kappa shape index (κ3) is 8.31. The van der Waals surface area contributed by atoms with Crippen LogP contribution in [0.3, 0.4) is 0 Å². The van der Waals surface area contributed by atoms with Crippen LogP contribution < -0.4 is 5.32 Å². The molecule has 0 aliphatic heterocycles. The molecule has 86 valence electrons. The summed E-state index contributed by atoms with van der Waals surface area (Å²) in [5, 5.41) is 3.14. The van der Waals surface area contributed by atoms with Gasteiger partial charge in [0.15, 0.2) is 0 Å². The fourth-order valence-electron chi connectivity index (χ4n) is 1.29. The van der Waals surface area contributed by atoms with Crippen LogP contribution in [-0.4, -0.2) is 43.8 Å². The molecular formula is C9H19F3N2. The van der Waals surface area contributed by atoms with Crippen LogP contribution in [0.2, 0.25) is 0 Å². The van der Waals surface area contributed by atoms with Gasteiger partial charge in [-0.1, -0.05) is 6.92 Å². The smallest absolute Gasteiger partial charge is 0.313 e. The average molecular weight is 212 g/mol. The van der Waals surface area contributed by atoms with Crippen LogP contribution in [0.15, 0.2) is 0 Å². The summed E-state index contributed by atoms with van der Waals surface area (Å²) in [6.45, 7) is 4.34. The van der Waals surface area contributed by atoms with Crippen molar-refractivity contribution in [1.82, 2.24) is 10.2 Å². The fourth-order valence-corrected chi connectivity index (χ4v) is 1.29. The molecule has 5 heteroatoms. The highest BCUT2D eigenvalue weighted by Crippen LogP contribution is 2.15. The molecule has 0 rings (SSSR count). The van der Waals surface area contributed by atoms with Crippen molar-refractivity contribution in [3.8, 4) is 0 Å². The van der Waals surface area contributed by atoms with E-state index in [9.17, 15) is 13.2 Å². The van der Waals surface area contributed by atoms with Gasteiger partial charge in [0.05, 0.1) is 6.54 Å². The highest BCUT2D eigenvalue weighted by atomic mass is 19.4. The van der Waals surface area contributed by atoms with E-state index in [1.807, 2.05) is 13.8 Å². The summed E-state index contributed by atoms with van der Waals surface area (Å²) in [7, 11) is 1.48. The topological polar surface area (TPSA) is 15.3 Å². The number of nitrogens with one attached hydrogen (secondary N) is 1. The molecule has 0 spiro atoms. The van der Waals surface area contributed by atoms with Crippen molar-refractivity contribution in [2.45, 2.75) is 32.5 Å². The Labute approximate surface area is 83.5 Å². The minimum Gasteiger partial charge on any atom is -0.313 e. The molecule has 0 saturated heterocycles. The van der Waals surface area contributed by atoms with Crippen LogP contribution in [0.5, 0.6) is 0 Å². The molecule has 0 fully saturated rings.